The van der Waals surface area contributed by atoms with Gasteiger partial charge in [0.15, 0.2) is 11.6 Å². The fourth-order valence-electron chi connectivity index (χ4n) is 5.02. The van der Waals surface area contributed by atoms with Crippen LogP contribution in [0.25, 0.3) is 22.3 Å². The van der Waals surface area contributed by atoms with E-state index in [-0.39, 0.29) is 22.6 Å². The molecular weight excluding hydrogens is 551 g/mol. The topological polar surface area (TPSA) is 133 Å². The smallest absolute Gasteiger partial charge is 0.380 e. The van der Waals surface area contributed by atoms with Gasteiger partial charge in [0.2, 0.25) is 0 Å². The van der Waals surface area contributed by atoms with Gasteiger partial charge in [0.05, 0.1) is 52.7 Å². The second-order valence-corrected chi connectivity index (χ2v) is 12.7. The summed E-state index contributed by atoms with van der Waals surface area (Å²) >= 11 is 0. The van der Waals surface area contributed by atoms with E-state index in [1.807, 2.05) is 4.90 Å². The molecule has 1 spiro atoms. The van der Waals surface area contributed by atoms with Crippen molar-refractivity contribution in [3.8, 4) is 11.4 Å². The number of nitrogens with zero attached hydrogens (tertiary/aromatic N) is 8. The molecule has 40 heavy (non-hydrogen) atoms. The van der Waals surface area contributed by atoms with Gasteiger partial charge in [-0.25, -0.2) is 23.4 Å². The zero-order valence-electron chi connectivity index (χ0n) is 21.2. The third kappa shape index (κ3) is 4.16. The van der Waals surface area contributed by atoms with Crippen LogP contribution in [0.2, 0.25) is 0 Å². The lowest BCUT2D eigenvalue weighted by Crippen LogP contribution is -2.66. The Morgan fingerprint density at radius 1 is 1.15 bits per heavy atom. The molecule has 4 aromatic heterocycles. The van der Waals surface area contributed by atoms with Crippen molar-refractivity contribution >= 4 is 38.4 Å². The van der Waals surface area contributed by atoms with E-state index in [1.54, 1.807) is 6.07 Å². The van der Waals surface area contributed by atoms with Gasteiger partial charge in [-0.3, -0.25) is 4.68 Å². The summed E-state index contributed by atoms with van der Waals surface area (Å²) < 4.78 is 73.4. The fourth-order valence-corrected chi connectivity index (χ4v) is 6.49. The number of fused-ring (bicyclic) bond motifs is 1. The van der Waals surface area contributed by atoms with Gasteiger partial charge < -0.3 is 15.0 Å². The van der Waals surface area contributed by atoms with Crippen molar-refractivity contribution in [1.29, 1.82) is 0 Å². The van der Waals surface area contributed by atoms with Gasteiger partial charge in [-0.05, 0) is 25.8 Å². The van der Waals surface area contributed by atoms with E-state index < -0.39 is 27.5 Å². The first-order valence-electron chi connectivity index (χ1n) is 12.7. The Kier molecular flexibility index (Phi) is 5.42. The quantitative estimate of drug-likeness (QED) is 0.350. The summed E-state index contributed by atoms with van der Waals surface area (Å²) in [6, 6.07) is 1.23. The second kappa shape index (κ2) is 8.60. The highest BCUT2D eigenvalue weighted by Gasteiger charge is 2.50. The zero-order chi connectivity index (χ0) is 27.9. The molecule has 2 saturated heterocycles. The molecule has 4 aromatic rings. The number of aromatic nitrogens is 7. The van der Waals surface area contributed by atoms with Crippen LogP contribution in [0.3, 0.4) is 0 Å². The van der Waals surface area contributed by atoms with Crippen molar-refractivity contribution in [2.24, 2.45) is 5.41 Å². The molecule has 3 fully saturated rings. The van der Waals surface area contributed by atoms with E-state index in [2.05, 4.69) is 30.5 Å². The van der Waals surface area contributed by atoms with Gasteiger partial charge in [0.25, 0.3) is 10.0 Å². The van der Waals surface area contributed by atoms with Gasteiger partial charge in [-0.1, -0.05) is 0 Å². The molecule has 1 unspecified atom stereocenters. The molecule has 0 aromatic carbocycles. The molecule has 6 heterocycles. The molecule has 0 bridgehead atoms. The van der Waals surface area contributed by atoms with E-state index in [1.165, 1.54) is 30.9 Å². The molecule has 210 valence electrons. The monoisotopic (exact) mass is 575 g/mol. The summed E-state index contributed by atoms with van der Waals surface area (Å²) in [7, 11) is -3.53. The molecule has 0 amide bonds. The summed E-state index contributed by atoms with van der Waals surface area (Å²) in [4.78, 5) is 15.0. The van der Waals surface area contributed by atoms with Gasteiger partial charge in [-0.15, -0.1) is 0 Å². The molecule has 1 N–H and O–H groups in total. The summed E-state index contributed by atoms with van der Waals surface area (Å²) in [6.07, 6.45) is 2.46. The molecule has 1 aliphatic carbocycles. The summed E-state index contributed by atoms with van der Waals surface area (Å²) in [5, 5.41) is 11.5. The normalized spacial score (nSPS) is 19.4. The van der Waals surface area contributed by atoms with Crippen LogP contribution in [0, 0.1) is 5.41 Å². The Morgan fingerprint density at radius 3 is 2.60 bits per heavy atom. The molecule has 3 aliphatic rings. The lowest BCUT2D eigenvalue weighted by Gasteiger charge is -2.55. The first-order valence-corrected chi connectivity index (χ1v) is 14.2. The van der Waals surface area contributed by atoms with Crippen LogP contribution in [-0.4, -0.2) is 80.1 Å². The highest BCUT2D eigenvalue weighted by Crippen LogP contribution is 2.43. The average molecular weight is 576 g/mol. The number of alkyl halides is 3. The van der Waals surface area contributed by atoms with Crippen molar-refractivity contribution in [2.75, 3.05) is 36.5 Å². The molecule has 0 radical (unpaired) electrons. The highest BCUT2D eigenvalue weighted by atomic mass is 32.2. The van der Waals surface area contributed by atoms with Crippen molar-refractivity contribution in [3.63, 3.8) is 0 Å². The maximum Gasteiger partial charge on any atom is 0.410 e. The van der Waals surface area contributed by atoms with Crippen LogP contribution >= 0.6 is 0 Å². The Labute approximate surface area is 226 Å². The minimum atomic E-state index is -4.50. The van der Waals surface area contributed by atoms with Gasteiger partial charge >= 0.3 is 6.18 Å². The highest BCUT2D eigenvalue weighted by molar-refractivity contribution is 7.90. The Hall–Kier alpha value is -3.79. The molecule has 1 atom stereocenters. The largest absolute Gasteiger partial charge is 0.410 e. The minimum absolute atomic E-state index is 0.0595. The third-order valence-corrected chi connectivity index (χ3v) is 9.55. The number of nitrogens with one attached hydrogen (secondary N) is 1. The summed E-state index contributed by atoms with van der Waals surface area (Å²) in [6.45, 7) is 3.70. The number of anilines is 3. The van der Waals surface area contributed by atoms with E-state index in [9.17, 15) is 21.6 Å². The number of halogens is 3. The second-order valence-electron chi connectivity index (χ2n) is 10.7. The van der Waals surface area contributed by atoms with Crippen molar-refractivity contribution in [1.82, 2.24) is 33.9 Å². The van der Waals surface area contributed by atoms with Crippen LogP contribution in [0.5, 0.6) is 0 Å². The number of hydrogen-bond donors (Lipinski definition) is 1. The minimum Gasteiger partial charge on any atom is -0.380 e. The maximum absolute atomic E-state index is 13.7. The molecule has 12 nitrogen and oxygen atoms in total. The van der Waals surface area contributed by atoms with Crippen molar-refractivity contribution in [3.05, 3.63) is 36.9 Å². The number of ether oxygens (including phenoxy) is 1. The number of pyridine rings is 1. The lowest BCUT2D eigenvalue weighted by atomic mass is 9.78. The SMILES string of the molecule is CC(n1nc(N2CC3(COC3)C2)c2cnc(Nc3ccnc(-c4cnn(S(=O)(=O)C5CC5)c4)n3)cc21)C(F)(F)F. The van der Waals surface area contributed by atoms with Crippen LogP contribution in [0.1, 0.15) is 25.8 Å². The van der Waals surface area contributed by atoms with Gasteiger partial charge in [-0.2, -0.15) is 27.5 Å². The summed E-state index contributed by atoms with van der Waals surface area (Å²) in [5.41, 5.74) is 0.746. The fraction of sp³-hybridized carbons (Fsp3) is 0.458. The number of hydrogen-bond acceptors (Lipinski definition) is 10. The Balaban J connectivity index is 1.18. The van der Waals surface area contributed by atoms with Gasteiger partial charge in [0.1, 0.15) is 17.7 Å². The first kappa shape index (κ1) is 25.2. The predicted molar refractivity (Wildman–Crippen MR) is 138 cm³/mol. The lowest BCUT2D eigenvalue weighted by molar-refractivity contribution is -0.164. The third-order valence-electron chi connectivity index (χ3n) is 7.52. The van der Waals surface area contributed by atoms with Crippen LogP contribution in [-0.2, 0) is 14.8 Å². The standard InChI is InChI=1S/C24H24F3N9O3S/c1-14(24(25,26)27)36-18-6-20(29-8-17(18)22(33-36)34-10-23(11-34)12-39-13-23)31-19-4-5-28-21(32-19)15-7-30-35(9-15)40(37,38)16-2-3-16/h4-9,14,16H,2-3,10-13H2,1H3,(H,28,29,31,32). The molecule has 1 saturated carbocycles. The van der Waals surface area contributed by atoms with E-state index in [4.69, 9.17) is 4.74 Å². The van der Waals surface area contributed by atoms with Gasteiger partial charge in [0, 0.05) is 31.5 Å². The van der Waals surface area contributed by atoms with E-state index in [0.717, 1.165) is 15.7 Å². The molecule has 2 aliphatic heterocycles. The molecule has 16 heteroatoms. The summed E-state index contributed by atoms with van der Waals surface area (Å²) in [5.74, 6) is 1.27. The van der Waals surface area contributed by atoms with Crippen LogP contribution in [0.15, 0.2) is 36.9 Å². The zero-order valence-corrected chi connectivity index (χ0v) is 22.0. The van der Waals surface area contributed by atoms with E-state index in [0.29, 0.717) is 61.7 Å². The van der Waals surface area contributed by atoms with Crippen LogP contribution < -0.4 is 10.2 Å². The van der Waals surface area contributed by atoms with E-state index >= 15 is 0 Å². The first-order chi connectivity index (χ1) is 19.0. The molecular formula is C24H24F3N9O3S. The number of rotatable bonds is 7. The van der Waals surface area contributed by atoms with Crippen LogP contribution in [0.4, 0.5) is 30.6 Å². The van der Waals surface area contributed by atoms with Crippen molar-refractivity contribution < 1.29 is 26.3 Å². The Bertz CT molecular complexity index is 1720. The Morgan fingerprint density at radius 2 is 1.93 bits per heavy atom. The molecule has 7 rings (SSSR count). The average Bonchev–Trinajstić information content (AvgIpc) is 3.50. The predicted octanol–water partition coefficient (Wildman–Crippen LogP) is 3.13. The maximum atomic E-state index is 13.7. The van der Waals surface area contributed by atoms with Crippen molar-refractivity contribution in [2.45, 2.75) is 37.2 Å².